The Kier molecular flexibility index (Phi) is 5.85. The molecule has 0 aliphatic carbocycles. The maximum Gasteiger partial charge on any atom is 0.409 e. The van der Waals surface area contributed by atoms with Crippen molar-refractivity contribution in [3.05, 3.63) is 48.0 Å². The molecule has 3 aliphatic heterocycles. The highest BCUT2D eigenvalue weighted by atomic mass is 19.4. The number of amides is 2. The monoisotopic (exact) mass is 475 g/mol. The van der Waals surface area contributed by atoms with Crippen LogP contribution in [0.15, 0.2) is 42.5 Å². The van der Waals surface area contributed by atoms with Gasteiger partial charge in [0.2, 0.25) is 11.8 Å². The minimum atomic E-state index is -4.76. The van der Waals surface area contributed by atoms with E-state index in [9.17, 15) is 22.8 Å². The molecule has 180 valence electrons. The van der Waals surface area contributed by atoms with E-state index in [4.69, 9.17) is 9.47 Å². The molecule has 2 amide bonds. The van der Waals surface area contributed by atoms with Gasteiger partial charge in [0.25, 0.3) is 0 Å². The lowest BCUT2D eigenvalue weighted by Gasteiger charge is -2.34. The minimum Gasteiger partial charge on any atom is -0.486 e. The summed E-state index contributed by atoms with van der Waals surface area (Å²) >= 11 is 0. The van der Waals surface area contributed by atoms with Gasteiger partial charge in [0.05, 0.1) is 24.3 Å². The van der Waals surface area contributed by atoms with Crippen LogP contribution in [0.5, 0.6) is 11.5 Å². The molecule has 0 unspecified atom stereocenters. The first-order valence-electron chi connectivity index (χ1n) is 11.2. The third-order valence-electron chi connectivity index (χ3n) is 6.43. The standard InChI is InChI=1S/C24H24F3N3O4/c25-24(26,27)21-13-22(31)28-16-4-1-2-5-18(16)30(21)23(32)14-29-9-3-6-17(29)15-7-8-19-20(12-15)34-11-10-33-19/h1-2,4-5,7-8,12,17,21H,3,6,9-11,13-14H2,(H,28,31)/t17-,21+/m0/s1. The molecular formula is C24H24F3N3O4. The normalized spacial score (nSPS) is 22.7. The number of anilines is 2. The second-order valence-corrected chi connectivity index (χ2v) is 8.62. The average Bonchev–Trinajstić information content (AvgIpc) is 3.20. The maximum atomic E-state index is 14.0. The van der Waals surface area contributed by atoms with Crippen LogP contribution in [0.25, 0.3) is 0 Å². The highest BCUT2D eigenvalue weighted by Gasteiger charge is 2.49. The number of alkyl halides is 3. The van der Waals surface area contributed by atoms with Gasteiger partial charge < -0.3 is 14.8 Å². The van der Waals surface area contributed by atoms with Gasteiger partial charge in [-0.15, -0.1) is 0 Å². The molecule has 34 heavy (non-hydrogen) atoms. The molecule has 3 aliphatic rings. The zero-order valence-corrected chi connectivity index (χ0v) is 18.3. The van der Waals surface area contributed by atoms with Crippen molar-refractivity contribution < 1.29 is 32.2 Å². The number of benzene rings is 2. The van der Waals surface area contributed by atoms with E-state index < -0.39 is 30.5 Å². The fourth-order valence-corrected chi connectivity index (χ4v) is 4.91. The summed E-state index contributed by atoms with van der Waals surface area (Å²) in [6.45, 7) is 1.30. The Morgan fingerprint density at radius 2 is 1.85 bits per heavy atom. The molecule has 0 aromatic heterocycles. The molecule has 7 nitrogen and oxygen atoms in total. The van der Waals surface area contributed by atoms with Crippen molar-refractivity contribution >= 4 is 23.2 Å². The number of halogens is 3. The first kappa shape index (κ1) is 22.5. The number of rotatable bonds is 3. The van der Waals surface area contributed by atoms with Gasteiger partial charge in [-0.3, -0.25) is 19.4 Å². The molecule has 10 heteroatoms. The van der Waals surface area contributed by atoms with Crippen LogP contribution in [0.2, 0.25) is 0 Å². The predicted octanol–water partition coefficient (Wildman–Crippen LogP) is 3.90. The number of fused-ring (bicyclic) bond motifs is 2. The van der Waals surface area contributed by atoms with Crippen LogP contribution in [-0.2, 0) is 9.59 Å². The maximum absolute atomic E-state index is 14.0. The molecule has 0 spiro atoms. The lowest BCUT2D eigenvalue weighted by atomic mass is 10.0. The third kappa shape index (κ3) is 4.29. The number of likely N-dealkylation sites (tertiary alicyclic amines) is 1. The Labute approximate surface area is 194 Å². The number of para-hydroxylation sites is 2. The molecule has 1 fully saturated rings. The number of carbonyl (C=O) groups excluding carboxylic acids is 2. The Hall–Kier alpha value is -3.27. The zero-order chi connectivity index (χ0) is 23.9. The molecule has 1 saturated heterocycles. The second-order valence-electron chi connectivity index (χ2n) is 8.62. The second kappa shape index (κ2) is 8.83. The predicted molar refractivity (Wildman–Crippen MR) is 118 cm³/mol. The molecule has 1 N–H and O–H groups in total. The molecule has 2 aromatic rings. The Balaban J connectivity index is 1.43. The van der Waals surface area contributed by atoms with Crippen LogP contribution < -0.4 is 19.7 Å². The van der Waals surface area contributed by atoms with Gasteiger partial charge in [-0.2, -0.15) is 13.2 Å². The fraction of sp³-hybridized carbons (Fsp3) is 0.417. The van der Waals surface area contributed by atoms with Crippen molar-refractivity contribution in [2.45, 2.75) is 37.5 Å². The summed E-state index contributed by atoms with van der Waals surface area (Å²) in [6.07, 6.45) is -4.03. The zero-order valence-electron chi connectivity index (χ0n) is 18.3. The summed E-state index contributed by atoms with van der Waals surface area (Å²) in [4.78, 5) is 28.3. The number of ether oxygens (including phenoxy) is 2. The van der Waals surface area contributed by atoms with Crippen molar-refractivity contribution in [1.29, 1.82) is 0 Å². The quantitative estimate of drug-likeness (QED) is 0.729. The first-order valence-corrected chi connectivity index (χ1v) is 11.2. The number of nitrogens with zero attached hydrogens (tertiary/aromatic N) is 2. The number of hydrogen-bond acceptors (Lipinski definition) is 5. The molecule has 0 radical (unpaired) electrons. The van der Waals surface area contributed by atoms with Crippen LogP contribution >= 0.6 is 0 Å². The van der Waals surface area contributed by atoms with E-state index in [1.807, 2.05) is 23.1 Å². The highest BCUT2D eigenvalue weighted by Crippen LogP contribution is 2.40. The Morgan fingerprint density at radius 3 is 2.65 bits per heavy atom. The van der Waals surface area contributed by atoms with E-state index in [2.05, 4.69) is 5.32 Å². The summed E-state index contributed by atoms with van der Waals surface area (Å²) in [7, 11) is 0. The fourth-order valence-electron chi connectivity index (χ4n) is 4.91. The topological polar surface area (TPSA) is 71.1 Å². The van der Waals surface area contributed by atoms with Gasteiger partial charge in [0.15, 0.2) is 11.5 Å². The van der Waals surface area contributed by atoms with Gasteiger partial charge >= 0.3 is 6.18 Å². The Bertz CT molecular complexity index is 1110. The van der Waals surface area contributed by atoms with Crippen LogP contribution in [-0.4, -0.2) is 55.2 Å². The van der Waals surface area contributed by atoms with Crippen molar-refractivity contribution in [3.8, 4) is 11.5 Å². The van der Waals surface area contributed by atoms with E-state index in [1.54, 1.807) is 12.1 Å². The van der Waals surface area contributed by atoms with Crippen molar-refractivity contribution in [3.63, 3.8) is 0 Å². The smallest absolute Gasteiger partial charge is 0.409 e. The van der Waals surface area contributed by atoms with Crippen molar-refractivity contribution in [2.24, 2.45) is 0 Å². The molecule has 2 atom stereocenters. The third-order valence-corrected chi connectivity index (χ3v) is 6.43. The van der Waals surface area contributed by atoms with E-state index in [-0.39, 0.29) is 24.0 Å². The van der Waals surface area contributed by atoms with Gasteiger partial charge in [0.1, 0.15) is 19.3 Å². The summed E-state index contributed by atoms with van der Waals surface area (Å²) in [5.74, 6) is -0.191. The van der Waals surface area contributed by atoms with E-state index >= 15 is 0 Å². The van der Waals surface area contributed by atoms with E-state index in [1.165, 1.54) is 12.1 Å². The molecule has 2 aromatic carbocycles. The molecular weight excluding hydrogens is 451 g/mol. The van der Waals surface area contributed by atoms with Gasteiger partial charge in [-0.05, 0) is 49.2 Å². The SMILES string of the molecule is O=C1C[C@H](C(F)(F)F)N(C(=O)CN2CCC[C@H]2c2ccc3c(c2)OCCO3)c2ccccc2N1. The minimum absolute atomic E-state index is 0.0516. The van der Waals surface area contributed by atoms with Crippen LogP contribution in [0.1, 0.15) is 30.9 Å². The van der Waals surface area contributed by atoms with Gasteiger partial charge in [0, 0.05) is 6.04 Å². The van der Waals surface area contributed by atoms with E-state index in [0.717, 1.165) is 23.3 Å². The van der Waals surface area contributed by atoms with E-state index in [0.29, 0.717) is 31.3 Å². The summed E-state index contributed by atoms with van der Waals surface area (Å²) in [6, 6.07) is 9.33. The summed E-state index contributed by atoms with van der Waals surface area (Å²) in [5, 5.41) is 2.49. The highest BCUT2D eigenvalue weighted by molar-refractivity contribution is 6.05. The number of hydrogen-bond donors (Lipinski definition) is 1. The van der Waals surface area contributed by atoms with Crippen LogP contribution in [0.3, 0.4) is 0 Å². The molecule has 0 saturated carbocycles. The molecule has 0 bridgehead atoms. The molecule has 5 rings (SSSR count). The van der Waals surface area contributed by atoms with Crippen molar-refractivity contribution in [1.82, 2.24) is 4.90 Å². The average molecular weight is 475 g/mol. The lowest BCUT2D eigenvalue weighted by Crippen LogP contribution is -2.52. The van der Waals surface area contributed by atoms with Gasteiger partial charge in [-0.1, -0.05) is 18.2 Å². The van der Waals surface area contributed by atoms with Crippen molar-refractivity contribution in [2.75, 3.05) is 36.5 Å². The largest absolute Gasteiger partial charge is 0.486 e. The summed E-state index contributed by atoms with van der Waals surface area (Å²) < 4.78 is 53.2. The Morgan fingerprint density at radius 1 is 1.09 bits per heavy atom. The van der Waals surface area contributed by atoms with Crippen LogP contribution in [0.4, 0.5) is 24.5 Å². The molecule has 3 heterocycles. The number of nitrogens with one attached hydrogen (secondary N) is 1. The number of carbonyl (C=O) groups is 2. The van der Waals surface area contributed by atoms with Crippen LogP contribution in [0, 0.1) is 0 Å². The first-order chi connectivity index (χ1) is 16.3. The summed E-state index contributed by atoms with van der Waals surface area (Å²) in [5.41, 5.74) is 1.17. The van der Waals surface area contributed by atoms with Gasteiger partial charge in [-0.25, -0.2) is 0 Å². The lowest BCUT2D eigenvalue weighted by molar-refractivity contribution is -0.158.